The van der Waals surface area contributed by atoms with Gasteiger partial charge in [0.1, 0.15) is 0 Å². The fourth-order valence-corrected chi connectivity index (χ4v) is 6.48. The lowest BCUT2D eigenvalue weighted by molar-refractivity contribution is -0.191. The van der Waals surface area contributed by atoms with Crippen molar-refractivity contribution >= 4 is 0 Å². The third-order valence-corrected chi connectivity index (χ3v) is 8.60. The maximum absolute atomic E-state index is 2.58. The van der Waals surface area contributed by atoms with Crippen LogP contribution in [0.5, 0.6) is 0 Å². The predicted molar refractivity (Wildman–Crippen MR) is 94.4 cm³/mol. The Kier molecular flexibility index (Phi) is 4.60. The van der Waals surface area contributed by atoms with Crippen molar-refractivity contribution in [2.75, 3.05) is 0 Å². The van der Waals surface area contributed by atoms with E-state index in [1.54, 1.807) is 0 Å². The van der Waals surface area contributed by atoms with Gasteiger partial charge in [0, 0.05) is 0 Å². The molecule has 0 spiro atoms. The Morgan fingerprint density at radius 2 is 1.29 bits per heavy atom. The van der Waals surface area contributed by atoms with Crippen LogP contribution in [0.25, 0.3) is 0 Å². The molecular weight excluding hydrogens is 252 g/mol. The summed E-state index contributed by atoms with van der Waals surface area (Å²) in [5, 5.41) is 0. The number of rotatable bonds is 4. The third kappa shape index (κ3) is 2.31. The van der Waals surface area contributed by atoms with Crippen LogP contribution >= 0.6 is 0 Å². The molecule has 2 aliphatic carbocycles. The monoisotopic (exact) mass is 292 g/mol. The molecule has 0 aliphatic heterocycles. The molecule has 0 bridgehead atoms. The van der Waals surface area contributed by atoms with Crippen molar-refractivity contribution in [2.45, 2.75) is 93.9 Å². The zero-order valence-corrected chi connectivity index (χ0v) is 16.1. The van der Waals surface area contributed by atoms with E-state index in [9.17, 15) is 0 Å². The van der Waals surface area contributed by atoms with Crippen molar-refractivity contribution < 1.29 is 0 Å². The Labute approximate surface area is 134 Å². The smallest absolute Gasteiger partial charge is 0.0213 e. The summed E-state index contributed by atoms with van der Waals surface area (Å²) in [5.41, 5.74) is 1.28. The van der Waals surface area contributed by atoms with Crippen LogP contribution in [0.3, 0.4) is 0 Å². The van der Waals surface area contributed by atoms with E-state index >= 15 is 0 Å². The van der Waals surface area contributed by atoms with Crippen LogP contribution in [0, 0.1) is 39.9 Å². The van der Waals surface area contributed by atoms with Crippen LogP contribution in [0.15, 0.2) is 0 Å². The molecule has 4 atom stereocenters. The maximum Gasteiger partial charge on any atom is -0.0213 e. The highest BCUT2D eigenvalue weighted by molar-refractivity contribution is 5.10. The minimum atomic E-state index is 0.374. The van der Waals surface area contributed by atoms with Crippen LogP contribution in [0.1, 0.15) is 93.9 Å². The summed E-state index contributed by atoms with van der Waals surface area (Å²) in [6, 6.07) is 0. The standard InChI is InChI=1S/C21H40/c1-9-21(10-2,20(7,8)19(4,5)6)18-15(3)16-13-11-12-14-17(16)18/h15-18H,9-14H2,1-8H3. The van der Waals surface area contributed by atoms with Gasteiger partial charge in [-0.25, -0.2) is 0 Å². The topological polar surface area (TPSA) is 0 Å². The lowest BCUT2D eigenvalue weighted by atomic mass is 9.37. The normalized spacial score (nSPS) is 34.3. The molecule has 4 unspecified atom stereocenters. The largest absolute Gasteiger partial charge is 0.0648 e. The van der Waals surface area contributed by atoms with E-state index in [2.05, 4.69) is 55.4 Å². The van der Waals surface area contributed by atoms with Crippen molar-refractivity contribution in [3.05, 3.63) is 0 Å². The summed E-state index contributed by atoms with van der Waals surface area (Å²) < 4.78 is 0. The Balaban J connectivity index is 2.39. The zero-order valence-electron chi connectivity index (χ0n) is 16.1. The highest BCUT2D eigenvalue weighted by atomic mass is 14.7. The third-order valence-electron chi connectivity index (χ3n) is 8.60. The average molecular weight is 293 g/mol. The quantitative estimate of drug-likeness (QED) is 0.526. The Bertz CT molecular complexity index is 353. The molecule has 2 saturated carbocycles. The fourth-order valence-electron chi connectivity index (χ4n) is 6.48. The van der Waals surface area contributed by atoms with Crippen molar-refractivity contribution in [3.63, 3.8) is 0 Å². The van der Waals surface area contributed by atoms with Crippen LogP contribution in [0.2, 0.25) is 0 Å². The number of fused-ring (bicyclic) bond motifs is 1. The molecular formula is C21H40. The maximum atomic E-state index is 2.58. The van der Waals surface area contributed by atoms with Gasteiger partial charge in [-0.2, -0.15) is 0 Å². The van der Waals surface area contributed by atoms with Crippen LogP contribution in [-0.4, -0.2) is 0 Å². The van der Waals surface area contributed by atoms with Gasteiger partial charge in [0.25, 0.3) is 0 Å². The molecule has 0 N–H and O–H groups in total. The Hall–Kier alpha value is 0. The zero-order chi connectivity index (χ0) is 16.1. The van der Waals surface area contributed by atoms with Crippen molar-refractivity contribution in [2.24, 2.45) is 39.9 Å². The average Bonchev–Trinajstić information content (AvgIpc) is 2.42. The molecule has 21 heavy (non-hydrogen) atoms. The summed E-state index contributed by atoms with van der Waals surface area (Å²) in [5.74, 6) is 4.01. The molecule has 0 aromatic carbocycles. The second-order valence-corrected chi connectivity index (χ2v) is 9.74. The SMILES string of the molecule is CCC(CC)(C1C(C)C2CCCCC21)C(C)(C)C(C)(C)C. The molecule has 0 radical (unpaired) electrons. The molecule has 2 fully saturated rings. The van der Waals surface area contributed by atoms with Crippen molar-refractivity contribution in [3.8, 4) is 0 Å². The summed E-state index contributed by atoms with van der Waals surface area (Å²) in [4.78, 5) is 0. The molecule has 0 amide bonds. The van der Waals surface area contributed by atoms with Crippen LogP contribution in [0.4, 0.5) is 0 Å². The summed E-state index contributed by atoms with van der Waals surface area (Å²) in [6.07, 6.45) is 8.72. The van der Waals surface area contributed by atoms with Gasteiger partial charge in [-0.1, -0.05) is 68.2 Å². The molecule has 0 aromatic rings. The highest BCUT2D eigenvalue weighted by Crippen LogP contribution is 2.69. The second kappa shape index (κ2) is 5.57. The van der Waals surface area contributed by atoms with E-state index in [0.717, 1.165) is 23.7 Å². The first-order valence-corrected chi connectivity index (χ1v) is 9.64. The van der Waals surface area contributed by atoms with E-state index in [1.807, 2.05) is 0 Å². The minimum Gasteiger partial charge on any atom is -0.0648 e. The van der Waals surface area contributed by atoms with E-state index in [1.165, 1.54) is 38.5 Å². The fraction of sp³-hybridized carbons (Fsp3) is 1.00. The van der Waals surface area contributed by atoms with E-state index < -0.39 is 0 Å². The van der Waals surface area contributed by atoms with E-state index in [0.29, 0.717) is 16.2 Å². The highest BCUT2D eigenvalue weighted by Gasteiger charge is 2.62. The van der Waals surface area contributed by atoms with Crippen molar-refractivity contribution in [1.29, 1.82) is 0 Å². The minimum absolute atomic E-state index is 0.374. The van der Waals surface area contributed by atoms with Gasteiger partial charge in [0.2, 0.25) is 0 Å². The molecule has 2 rings (SSSR count). The summed E-state index contributed by atoms with van der Waals surface area (Å²) >= 11 is 0. The number of hydrogen-bond acceptors (Lipinski definition) is 0. The molecule has 0 nitrogen and oxygen atoms in total. The first-order valence-electron chi connectivity index (χ1n) is 9.64. The van der Waals surface area contributed by atoms with Gasteiger partial charge in [-0.15, -0.1) is 0 Å². The Morgan fingerprint density at radius 1 is 0.810 bits per heavy atom. The van der Waals surface area contributed by atoms with Gasteiger partial charge in [-0.3, -0.25) is 0 Å². The predicted octanol–water partition coefficient (Wildman–Crippen LogP) is 6.94. The Morgan fingerprint density at radius 3 is 1.71 bits per heavy atom. The summed E-state index contributed by atoms with van der Waals surface area (Å²) in [7, 11) is 0. The van der Waals surface area contributed by atoms with Gasteiger partial charge in [0.05, 0.1) is 0 Å². The van der Waals surface area contributed by atoms with E-state index in [-0.39, 0.29) is 0 Å². The first kappa shape index (κ1) is 17.4. The molecule has 0 saturated heterocycles. The molecule has 2 aliphatic rings. The molecule has 0 aromatic heterocycles. The number of hydrogen-bond donors (Lipinski definition) is 0. The van der Waals surface area contributed by atoms with Gasteiger partial charge in [-0.05, 0) is 65.6 Å². The molecule has 0 heterocycles. The van der Waals surface area contributed by atoms with Gasteiger partial charge < -0.3 is 0 Å². The van der Waals surface area contributed by atoms with Crippen LogP contribution in [-0.2, 0) is 0 Å². The van der Waals surface area contributed by atoms with Crippen LogP contribution < -0.4 is 0 Å². The van der Waals surface area contributed by atoms with Gasteiger partial charge >= 0.3 is 0 Å². The van der Waals surface area contributed by atoms with E-state index in [4.69, 9.17) is 0 Å². The molecule has 124 valence electrons. The van der Waals surface area contributed by atoms with Gasteiger partial charge in [0.15, 0.2) is 0 Å². The second-order valence-electron chi connectivity index (χ2n) is 9.74. The lowest BCUT2D eigenvalue weighted by Gasteiger charge is -2.67. The molecule has 0 heteroatoms. The lowest BCUT2D eigenvalue weighted by Crippen LogP contribution is -2.61. The first-order chi connectivity index (χ1) is 9.64. The summed E-state index contributed by atoms with van der Waals surface area (Å²) in [6.45, 7) is 20.1. The van der Waals surface area contributed by atoms with Crippen molar-refractivity contribution in [1.82, 2.24) is 0 Å².